The Hall–Kier alpha value is -2.82. The van der Waals surface area contributed by atoms with Gasteiger partial charge in [0.2, 0.25) is 5.91 Å². The molecule has 1 aromatic heterocycles. The van der Waals surface area contributed by atoms with Crippen molar-refractivity contribution < 1.29 is 9.53 Å². The molecule has 1 N–H and O–H groups in total. The number of carbonyl (C=O) groups excluding carboxylic acids is 1. The van der Waals surface area contributed by atoms with E-state index < -0.39 is 0 Å². The van der Waals surface area contributed by atoms with Crippen molar-refractivity contribution in [1.82, 2.24) is 14.9 Å². The van der Waals surface area contributed by atoms with Gasteiger partial charge in [0.1, 0.15) is 11.6 Å². The van der Waals surface area contributed by atoms with Crippen molar-refractivity contribution in [3.63, 3.8) is 0 Å². The standard InChI is InChI=1S/C27H37N3O2/c1-21(2)27(31)28-18-8-4-5-13-26-29-24-11-6-7-12-25(24)30(26)19-9-10-20-32-23-16-14-22(3)15-17-23/h6-7,11-12,14-17,21H,4-5,8-10,13,18-20H2,1-3H3,(H,28,31). The second-order valence-electron chi connectivity index (χ2n) is 8.79. The summed E-state index contributed by atoms with van der Waals surface area (Å²) in [6, 6.07) is 16.6. The third-order valence-corrected chi connectivity index (χ3v) is 5.70. The quantitative estimate of drug-likeness (QED) is 0.351. The van der Waals surface area contributed by atoms with Gasteiger partial charge in [-0.1, -0.05) is 50.1 Å². The smallest absolute Gasteiger partial charge is 0.222 e. The number of amides is 1. The number of hydrogen-bond acceptors (Lipinski definition) is 3. The van der Waals surface area contributed by atoms with Crippen molar-refractivity contribution in [3.8, 4) is 5.75 Å². The highest BCUT2D eigenvalue weighted by atomic mass is 16.5. The molecule has 0 unspecified atom stereocenters. The zero-order valence-electron chi connectivity index (χ0n) is 19.8. The van der Waals surface area contributed by atoms with Crippen molar-refractivity contribution in [2.75, 3.05) is 13.2 Å². The molecule has 0 radical (unpaired) electrons. The van der Waals surface area contributed by atoms with E-state index in [0.29, 0.717) is 0 Å². The average Bonchev–Trinajstić information content (AvgIpc) is 3.14. The van der Waals surface area contributed by atoms with E-state index in [1.807, 2.05) is 26.0 Å². The first-order valence-electron chi connectivity index (χ1n) is 12.0. The first kappa shape index (κ1) is 23.8. The number of carbonyl (C=O) groups is 1. The van der Waals surface area contributed by atoms with Crippen LogP contribution >= 0.6 is 0 Å². The lowest BCUT2D eigenvalue weighted by atomic mass is 10.1. The third-order valence-electron chi connectivity index (χ3n) is 5.70. The van der Waals surface area contributed by atoms with Crippen molar-refractivity contribution in [2.45, 2.75) is 65.8 Å². The molecule has 1 amide bonds. The van der Waals surface area contributed by atoms with Gasteiger partial charge in [-0.25, -0.2) is 4.98 Å². The number of rotatable bonds is 13. The van der Waals surface area contributed by atoms with E-state index in [9.17, 15) is 4.79 Å². The van der Waals surface area contributed by atoms with Crippen LogP contribution in [-0.4, -0.2) is 28.6 Å². The van der Waals surface area contributed by atoms with E-state index in [4.69, 9.17) is 9.72 Å². The molecular formula is C27H37N3O2. The maximum absolute atomic E-state index is 11.6. The summed E-state index contributed by atoms with van der Waals surface area (Å²) in [6.45, 7) is 8.38. The van der Waals surface area contributed by atoms with E-state index in [2.05, 4.69) is 53.2 Å². The van der Waals surface area contributed by atoms with Gasteiger partial charge in [-0.15, -0.1) is 0 Å². The lowest BCUT2D eigenvalue weighted by Gasteiger charge is -2.11. The Morgan fingerprint density at radius 1 is 1.00 bits per heavy atom. The fourth-order valence-electron chi connectivity index (χ4n) is 3.76. The van der Waals surface area contributed by atoms with Crippen LogP contribution in [0.5, 0.6) is 5.75 Å². The highest BCUT2D eigenvalue weighted by Gasteiger charge is 2.10. The van der Waals surface area contributed by atoms with Crippen LogP contribution in [0, 0.1) is 12.8 Å². The fraction of sp³-hybridized carbons (Fsp3) is 0.481. The molecule has 0 spiro atoms. The number of aryl methyl sites for hydroxylation is 3. The molecule has 2 aromatic carbocycles. The van der Waals surface area contributed by atoms with Gasteiger partial charge in [0.15, 0.2) is 0 Å². The molecule has 32 heavy (non-hydrogen) atoms. The van der Waals surface area contributed by atoms with Gasteiger partial charge >= 0.3 is 0 Å². The van der Waals surface area contributed by atoms with Crippen molar-refractivity contribution in [3.05, 3.63) is 59.9 Å². The van der Waals surface area contributed by atoms with E-state index in [1.54, 1.807) is 0 Å². The summed E-state index contributed by atoms with van der Waals surface area (Å²) in [7, 11) is 0. The van der Waals surface area contributed by atoms with Crippen LogP contribution in [0.4, 0.5) is 0 Å². The summed E-state index contributed by atoms with van der Waals surface area (Å²) in [5.41, 5.74) is 3.53. The number of nitrogens with one attached hydrogen (secondary N) is 1. The Kier molecular flexibility index (Phi) is 9.14. The molecule has 0 atom stereocenters. The largest absolute Gasteiger partial charge is 0.494 e. The molecule has 0 fully saturated rings. The highest BCUT2D eigenvalue weighted by Crippen LogP contribution is 2.19. The van der Waals surface area contributed by atoms with Gasteiger partial charge in [-0.3, -0.25) is 4.79 Å². The fourth-order valence-corrected chi connectivity index (χ4v) is 3.76. The summed E-state index contributed by atoms with van der Waals surface area (Å²) in [6.07, 6.45) is 6.21. The van der Waals surface area contributed by atoms with E-state index in [-0.39, 0.29) is 11.8 Å². The van der Waals surface area contributed by atoms with E-state index in [1.165, 1.54) is 11.1 Å². The minimum absolute atomic E-state index is 0.0530. The SMILES string of the molecule is Cc1ccc(OCCCCn2c(CCCCCNC(=O)C(C)C)nc3ccccc32)cc1. The lowest BCUT2D eigenvalue weighted by Crippen LogP contribution is -2.28. The minimum Gasteiger partial charge on any atom is -0.494 e. The maximum atomic E-state index is 11.6. The van der Waals surface area contributed by atoms with E-state index >= 15 is 0 Å². The first-order valence-corrected chi connectivity index (χ1v) is 12.0. The van der Waals surface area contributed by atoms with Gasteiger partial charge in [0, 0.05) is 25.4 Å². The number of hydrogen-bond donors (Lipinski definition) is 1. The summed E-state index contributed by atoms with van der Waals surface area (Å²) >= 11 is 0. The summed E-state index contributed by atoms with van der Waals surface area (Å²) in [5, 5.41) is 3.00. The van der Waals surface area contributed by atoms with Crippen LogP contribution in [0.2, 0.25) is 0 Å². The molecule has 5 heteroatoms. The number of nitrogens with zero attached hydrogens (tertiary/aromatic N) is 2. The second-order valence-corrected chi connectivity index (χ2v) is 8.79. The van der Waals surface area contributed by atoms with E-state index in [0.717, 1.165) is 75.3 Å². The molecule has 0 aliphatic carbocycles. The normalized spacial score (nSPS) is 11.2. The molecule has 172 valence electrons. The predicted molar refractivity (Wildman–Crippen MR) is 131 cm³/mol. The molecule has 3 rings (SSSR count). The van der Waals surface area contributed by atoms with Gasteiger partial charge < -0.3 is 14.6 Å². The zero-order valence-corrected chi connectivity index (χ0v) is 19.8. The number of unbranched alkanes of at least 4 members (excludes halogenated alkanes) is 3. The Labute approximate surface area is 192 Å². The number of imidazole rings is 1. The Morgan fingerprint density at radius 3 is 2.56 bits per heavy atom. The highest BCUT2D eigenvalue weighted by molar-refractivity contribution is 5.77. The minimum atomic E-state index is 0.0530. The number of ether oxygens (including phenoxy) is 1. The van der Waals surface area contributed by atoms with Crippen LogP contribution < -0.4 is 10.1 Å². The zero-order chi connectivity index (χ0) is 22.8. The third kappa shape index (κ3) is 7.11. The van der Waals surface area contributed by atoms with Gasteiger partial charge in [-0.2, -0.15) is 0 Å². The Morgan fingerprint density at radius 2 is 1.78 bits per heavy atom. The van der Waals surface area contributed by atoms with Crippen molar-refractivity contribution >= 4 is 16.9 Å². The van der Waals surface area contributed by atoms with Gasteiger partial charge in [0.25, 0.3) is 0 Å². The molecular weight excluding hydrogens is 398 g/mol. The monoisotopic (exact) mass is 435 g/mol. The molecule has 1 heterocycles. The number of para-hydroxylation sites is 2. The van der Waals surface area contributed by atoms with Crippen molar-refractivity contribution in [1.29, 1.82) is 0 Å². The molecule has 0 saturated carbocycles. The van der Waals surface area contributed by atoms with Crippen LogP contribution in [0.1, 0.15) is 57.3 Å². The first-order chi connectivity index (χ1) is 15.5. The number of benzene rings is 2. The molecule has 3 aromatic rings. The molecule has 0 saturated heterocycles. The second kappa shape index (κ2) is 12.3. The topological polar surface area (TPSA) is 56.1 Å². The van der Waals surface area contributed by atoms with Crippen LogP contribution in [0.15, 0.2) is 48.5 Å². The summed E-state index contributed by atoms with van der Waals surface area (Å²) < 4.78 is 8.25. The lowest BCUT2D eigenvalue weighted by molar-refractivity contribution is -0.123. The maximum Gasteiger partial charge on any atom is 0.222 e. The number of fused-ring (bicyclic) bond motifs is 1. The molecule has 0 aliphatic heterocycles. The van der Waals surface area contributed by atoms with Crippen LogP contribution in [0.25, 0.3) is 11.0 Å². The van der Waals surface area contributed by atoms with Gasteiger partial charge in [-0.05, 0) is 56.9 Å². The van der Waals surface area contributed by atoms with Gasteiger partial charge in [0.05, 0.1) is 17.6 Å². The average molecular weight is 436 g/mol. The molecule has 0 bridgehead atoms. The Bertz CT molecular complexity index is 976. The summed E-state index contributed by atoms with van der Waals surface area (Å²) in [4.78, 5) is 16.5. The summed E-state index contributed by atoms with van der Waals surface area (Å²) in [5.74, 6) is 2.29. The van der Waals surface area contributed by atoms with Crippen molar-refractivity contribution in [2.24, 2.45) is 5.92 Å². The molecule has 0 aliphatic rings. The van der Waals surface area contributed by atoms with Crippen LogP contribution in [0.3, 0.4) is 0 Å². The number of aromatic nitrogens is 2. The predicted octanol–water partition coefficient (Wildman–Crippen LogP) is 5.69. The molecule has 5 nitrogen and oxygen atoms in total. The Balaban J connectivity index is 1.46. The van der Waals surface area contributed by atoms with Crippen LogP contribution in [-0.2, 0) is 17.8 Å².